The van der Waals surface area contributed by atoms with Gasteiger partial charge < -0.3 is 25.0 Å². The van der Waals surface area contributed by atoms with Crippen LogP contribution in [0.4, 0.5) is 11.4 Å². The average molecular weight is 457 g/mol. The fourth-order valence-electron chi connectivity index (χ4n) is 4.09. The molecule has 0 saturated carbocycles. The third-order valence-electron chi connectivity index (χ3n) is 5.88. The Labute approximate surface area is 196 Å². The molecule has 3 aromatic rings. The molecule has 0 radical (unpaired) electrons. The highest BCUT2D eigenvalue weighted by atomic mass is 16.7. The van der Waals surface area contributed by atoms with Gasteiger partial charge in [0.15, 0.2) is 11.5 Å². The number of fused-ring (bicyclic) bond motifs is 1. The second kappa shape index (κ2) is 9.27. The molecule has 1 saturated heterocycles. The minimum Gasteiger partial charge on any atom is -0.454 e. The number of carbonyl (C=O) groups excluding carboxylic acids is 3. The highest BCUT2D eigenvalue weighted by molar-refractivity contribution is 6.07. The SMILES string of the molecule is O=C(NCc1ccc2c(c1)OCO2)c1ccccc1NC(=O)[C@H]1CC(=O)N(c2ccccc2)C1. The van der Waals surface area contributed by atoms with Crippen molar-refractivity contribution in [1.29, 1.82) is 0 Å². The average Bonchev–Trinajstić information content (AvgIpc) is 3.49. The number of carbonyl (C=O) groups is 3. The Kier molecular flexibility index (Phi) is 5.86. The number of nitrogens with zero attached hydrogens (tertiary/aromatic N) is 1. The minimum absolute atomic E-state index is 0.0962. The number of benzene rings is 3. The quantitative estimate of drug-likeness (QED) is 0.592. The first-order chi connectivity index (χ1) is 16.6. The van der Waals surface area contributed by atoms with E-state index in [1.807, 2.05) is 42.5 Å². The number of rotatable bonds is 6. The molecule has 8 nitrogen and oxygen atoms in total. The van der Waals surface area contributed by atoms with Gasteiger partial charge >= 0.3 is 0 Å². The molecule has 2 heterocycles. The van der Waals surface area contributed by atoms with Gasteiger partial charge in [0.2, 0.25) is 18.6 Å². The van der Waals surface area contributed by atoms with Crippen molar-refractivity contribution in [2.24, 2.45) is 5.92 Å². The van der Waals surface area contributed by atoms with E-state index in [2.05, 4.69) is 10.6 Å². The molecule has 34 heavy (non-hydrogen) atoms. The van der Waals surface area contributed by atoms with Crippen molar-refractivity contribution in [2.45, 2.75) is 13.0 Å². The van der Waals surface area contributed by atoms with Crippen molar-refractivity contribution in [2.75, 3.05) is 23.6 Å². The minimum atomic E-state index is -0.502. The molecular weight excluding hydrogens is 434 g/mol. The molecule has 8 heteroatoms. The van der Waals surface area contributed by atoms with Gasteiger partial charge in [-0.2, -0.15) is 0 Å². The van der Waals surface area contributed by atoms with E-state index in [1.54, 1.807) is 35.2 Å². The summed E-state index contributed by atoms with van der Waals surface area (Å²) in [4.78, 5) is 39.9. The zero-order valence-corrected chi connectivity index (χ0v) is 18.3. The number of hydrogen-bond acceptors (Lipinski definition) is 5. The lowest BCUT2D eigenvalue weighted by atomic mass is 10.1. The maximum absolute atomic E-state index is 13.0. The van der Waals surface area contributed by atoms with Gasteiger partial charge in [0, 0.05) is 25.2 Å². The summed E-state index contributed by atoms with van der Waals surface area (Å²) in [5.41, 5.74) is 2.39. The van der Waals surface area contributed by atoms with Gasteiger partial charge in [0.25, 0.3) is 5.91 Å². The Hall–Kier alpha value is -4.33. The number of para-hydroxylation sites is 2. The number of amides is 3. The summed E-state index contributed by atoms with van der Waals surface area (Å²) in [6.07, 6.45) is 0.124. The third-order valence-corrected chi connectivity index (χ3v) is 5.88. The zero-order chi connectivity index (χ0) is 23.5. The largest absolute Gasteiger partial charge is 0.454 e. The van der Waals surface area contributed by atoms with Gasteiger partial charge in [0.05, 0.1) is 17.2 Å². The summed E-state index contributed by atoms with van der Waals surface area (Å²) in [7, 11) is 0. The van der Waals surface area contributed by atoms with Crippen LogP contribution in [0.1, 0.15) is 22.3 Å². The van der Waals surface area contributed by atoms with E-state index in [9.17, 15) is 14.4 Å². The first-order valence-corrected chi connectivity index (χ1v) is 11.0. The van der Waals surface area contributed by atoms with Crippen LogP contribution in [0.3, 0.4) is 0 Å². The van der Waals surface area contributed by atoms with E-state index < -0.39 is 5.92 Å². The molecule has 0 aromatic heterocycles. The molecule has 3 amide bonds. The smallest absolute Gasteiger partial charge is 0.253 e. The lowest BCUT2D eigenvalue weighted by Gasteiger charge is -2.17. The Morgan fingerprint density at radius 2 is 1.71 bits per heavy atom. The van der Waals surface area contributed by atoms with E-state index in [1.165, 1.54) is 0 Å². The van der Waals surface area contributed by atoms with Crippen LogP contribution >= 0.6 is 0 Å². The van der Waals surface area contributed by atoms with E-state index in [0.29, 0.717) is 35.8 Å². The van der Waals surface area contributed by atoms with E-state index >= 15 is 0 Å². The van der Waals surface area contributed by atoms with Crippen LogP contribution in [-0.4, -0.2) is 31.1 Å². The second-order valence-electron chi connectivity index (χ2n) is 8.15. The maximum atomic E-state index is 13.0. The third kappa shape index (κ3) is 4.43. The van der Waals surface area contributed by atoms with Crippen molar-refractivity contribution in [3.63, 3.8) is 0 Å². The Balaban J connectivity index is 1.23. The fraction of sp³-hybridized carbons (Fsp3) is 0.192. The summed E-state index contributed by atoms with van der Waals surface area (Å²) in [5.74, 6) is 0.123. The van der Waals surface area contributed by atoms with Crippen LogP contribution in [0.25, 0.3) is 0 Å². The highest BCUT2D eigenvalue weighted by Gasteiger charge is 2.35. The highest BCUT2D eigenvalue weighted by Crippen LogP contribution is 2.32. The molecule has 3 aromatic carbocycles. The van der Waals surface area contributed by atoms with Crippen molar-refractivity contribution in [3.05, 3.63) is 83.9 Å². The zero-order valence-electron chi connectivity index (χ0n) is 18.3. The lowest BCUT2D eigenvalue weighted by Crippen LogP contribution is -2.29. The van der Waals surface area contributed by atoms with Crippen LogP contribution in [0.5, 0.6) is 11.5 Å². The summed E-state index contributed by atoms with van der Waals surface area (Å²) in [5, 5.41) is 5.72. The normalized spacial score (nSPS) is 16.4. The van der Waals surface area contributed by atoms with Crippen LogP contribution in [0.15, 0.2) is 72.8 Å². The number of nitrogens with one attached hydrogen (secondary N) is 2. The first kappa shape index (κ1) is 21.5. The molecule has 172 valence electrons. The van der Waals surface area contributed by atoms with Gasteiger partial charge in [-0.15, -0.1) is 0 Å². The van der Waals surface area contributed by atoms with Crippen molar-refractivity contribution >= 4 is 29.1 Å². The standard InChI is InChI=1S/C26H23N3O5/c30-24-13-18(15-29(24)19-6-2-1-3-7-19)25(31)28-21-9-5-4-8-20(21)26(32)27-14-17-10-11-22-23(12-17)34-16-33-22/h1-12,18H,13-16H2,(H,27,32)(H,28,31)/t18-/m0/s1. The molecule has 2 aliphatic heterocycles. The summed E-state index contributed by atoms with van der Waals surface area (Å²) in [6.45, 7) is 0.780. The summed E-state index contributed by atoms with van der Waals surface area (Å²) in [6, 6.07) is 21.6. The van der Waals surface area contributed by atoms with Crippen LogP contribution < -0.4 is 25.0 Å². The van der Waals surface area contributed by atoms with Crippen molar-refractivity contribution in [1.82, 2.24) is 5.32 Å². The maximum Gasteiger partial charge on any atom is 0.253 e. The van der Waals surface area contributed by atoms with Crippen LogP contribution in [0.2, 0.25) is 0 Å². The van der Waals surface area contributed by atoms with Crippen molar-refractivity contribution in [3.8, 4) is 11.5 Å². The Morgan fingerprint density at radius 1 is 0.941 bits per heavy atom. The first-order valence-electron chi connectivity index (χ1n) is 11.0. The van der Waals surface area contributed by atoms with Crippen LogP contribution in [-0.2, 0) is 16.1 Å². The number of ether oxygens (including phenoxy) is 2. The van der Waals surface area contributed by atoms with Gasteiger partial charge in [-0.25, -0.2) is 0 Å². The lowest BCUT2D eigenvalue weighted by molar-refractivity contribution is -0.122. The predicted octanol–water partition coefficient (Wildman–Crippen LogP) is 3.34. The van der Waals surface area contributed by atoms with Gasteiger partial charge in [-0.1, -0.05) is 36.4 Å². The molecule has 0 spiro atoms. The van der Waals surface area contributed by atoms with E-state index in [0.717, 1.165) is 11.3 Å². The summed E-state index contributed by atoms with van der Waals surface area (Å²) < 4.78 is 10.7. The Bertz CT molecular complexity index is 1240. The molecule has 0 unspecified atom stereocenters. The molecule has 0 aliphatic carbocycles. The fourth-order valence-corrected chi connectivity index (χ4v) is 4.09. The van der Waals surface area contributed by atoms with Crippen molar-refractivity contribution < 1.29 is 23.9 Å². The second-order valence-corrected chi connectivity index (χ2v) is 8.15. The Morgan fingerprint density at radius 3 is 2.56 bits per heavy atom. The summed E-state index contributed by atoms with van der Waals surface area (Å²) >= 11 is 0. The van der Waals surface area contributed by atoms with E-state index in [-0.39, 0.29) is 30.9 Å². The molecule has 1 fully saturated rings. The van der Waals surface area contributed by atoms with Gasteiger partial charge in [-0.3, -0.25) is 14.4 Å². The molecule has 0 bridgehead atoms. The number of hydrogen-bond donors (Lipinski definition) is 2. The van der Waals surface area contributed by atoms with E-state index in [4.69, 9.17) is 9.47 Å². The number of anilines is 2. The molecule has 5 rings (SSSR count). The van der Waals surface area contributed by atoms with Crippen LogP contribution in [0, 0.1) is 5.92 Å². The molecule has 2 aliphatic rings. The monoisotopic (exact) mass is 457 g/mol. The predicted molar refractivity (Wildman–Crippen MR) is 126 cm³/mol. The molecule has 1 atom stereocenters. The topological polar surface area (TPSA) is 97.0 Å². The van der Waals surface area contributed by atoms with Gasteiger partial charge in [0.1, 0.15) is 0 Å². The molecule has 2 N–H and O–H groups in total. The molecular formula is C26H23N3O5. The van der Waals surface area contributed by atoms with Gasteiger partial charge in [-0.05, 0) is 42.0 Å².